The number of aliphatic carboxylic acids is 1. The van der Waals surface area contributed by atoms with Gasteiger partial charge in [0.25, 0.3) is 5.56 Å². The first-order valence-electron chi connectivity index (χ1n) is 4.87. The third-order valence-electron chi connectivity index (χ3n) is 1.99. The molecule has 0 spiro atoms. The lowest BCUT2D eigenvalue weighted by Crippen LogP contribution is -2.40. The maximum Gasteiger partial charge on any atom is 0.334 e. The third kappa shape index (κ3) is 3.87. The molecule has 0 bridgehead atoms. The molecule has 0 aliphatic heterocycles. The van der Waals surface area contributed by atoms with E-state index in [1.807, 2.05) is 4.98 Å². The molecule has 1 rings (SSSR count). The van der Waals surface area contributed by atoms with Crippen molar-refractivity contribution in [3.8, 4) is 0 Å². The van der Waals surface area contributed by atoms with Crippen molar-refractivity contribution in [2.24, 2.45) is 0 Å². The van der Waals surface area contributed by atoms with Crippen LogP contribution < -0.4 is 16.6 Å². The Morgan fingerprint density at radius 1 is 1.44 bits per heavy atom. The van der Waals surface area contributed by atoms with Crippen molar-refractivity contribution in [2.45, 2.75) is 12.6 Å². The second-order valence-electron chi connectivity index (χ2n) is 3.40. The van der Waals surface area contributed by atoms with Crippen LogP contribution in [0.25, 0.3) is 0 Å². The summed E-state index contributed by atoms with van der Waals surface area (Å²) in [6.45, 7) is -0.853. The number of aliphatic hydroxyl groups excluding tert-OH is 1. The Labute approximate surface area is 99.7 Å². The summed E-state index contributed by atoms with van der Waals surface area (Å²) in [6, 6.07) is 1.07. The maximum atomic E-state index is 11.3. The average Bonchev–Trinajstić information content (AvgIpc) is 2.29. The molecule has 98 valence electrons. The van der Waals surface area contributed by atoms with Crippen LogP contribution in [0.5, 0.6) is 0 Å². The SMILES string of the molecule is O=C(Cn1ccc(=O)[nH]c1=O)NCC(O)C(=O)O. The van der Waals surface area contributed by atoms with Gasteiger partial charge >= 0.3 is 11.7 Å². The maximum absolute atomic E-state index is 11.3. The first-order chi connectivity index (χ1) is 8.40. The van der Waals surface area contributed by atoms with Gasteiger partial charge in [-0.3, -0.25) is 19.1 Å². The topological polar surface area (TPSA) is 141 Å². The number of H-pyrrole nitrogens is 1. The average molecular weight is 257 g/mol. The molecule has 18 heavy (non-hydrogen) atoms. The Balaban J connectivity index is 2.57. The second kappa shape index (κ2) is 5.77. The highest BCUT2D eigenvalue weighted by atomic mass is 16.4. The van der Waals surface area contributed by atoms with Crippen LogP contribution in [-0.2, 0) is 16.1 Å². The van der Waals surface area contributed by atoms with Gasteiger partial charge in [0.05, 0.1) is 6.54 Å². The van der Waals surface area contributed by atoms with Gasteiger partial charge in [-0.25, -0.2) is 9.59 Å². The summed E-state index contributed by atoms with van der Waals surface area (Å²) in [5.41, 5.74) is -1.34. The van der Waals surface area contributed by atoms with E-state index in [1.54, 1.807) is 0 Å². The monoisotopic (exact) mass is 257 g/mol. The number of carbonyl (C=O) groups excluding carboxylic acids is 1. The number of hydrogen-bond donors (Lipinski definition) is 4. The highest BCUT2D eigenvalue weighted by Crippen LogP contribution is 1.82. The Kier molecular flexibility index (Phi) is 4.38. The molecule has 0 aromatic carbocycles. The van der Waals surface area contributed by atoms with Crippen LogP contribution in [0.4, 0.5) is 0 Å². The molecule has 0 radical (unpaired) electrons. The van der Waals surface area contributed by atoms with E-state index in [9.17, 15) is 19.2 Å². The number of nitrogens with one attached hydrogen (secondary N) is 2. The highest BCUT2D eigenvalue weighted by Gasteiger charge is 2.14. The van der Waals surface area contributed by atoms with Gasteiger partial charge in [0.2, 0.25) is 5.91 Å². The summed E-state index contributed by atoms with van der Waals surface area (Å²) in [5.74, 6) is -2.12. The number of rotatable bonds is 5. The fraction of sp³-hybridized carbons (Fsp3) is 0.333. The molecule has 0 saturated carbocycles. The number of amides is 1. The molecule has 0 fully saturated rings. The van der Waals surface area contributed by atoms with Gasteiger partial charge in [0.15, 0.2) is 6.10 Å². The van der Waals surface area contributed by atoms with Crippen LogP contribution in [-0.4, -0.2) is 44.3 Å². The zero-order chi connectivity index (χ0) is 13.7. The highest BCUT2D eigenvalue weighted by molar-refractivity contribution is 5.77. The summed E-state index contributed by atoms with van der Waals surface area (Å²) in [6.07, 6.45) is -0.574. The fourth-order valence-corrected chi connectivity index (χ4v) is 1.08. The van der Waals surface area contributed by atoms with Crippen LogP contribution in [0.2, 0.25) is 0 Å². The normalized spacial score (nSPS) is 11.8. The minimum absolute atomic E-state index is 0.387. The lowest BCUT2D eigenvalue weighted by atomic mass is 10.3. The standard InChI is InChI=1S/C9H11N3O6/c13-5(8(16)17)3-10-7(15)4-12-2-1-6(14)11-9(12)18/h1-2,5,13H,3-4H2,(H,10,15)(H,16,17)(H,11,14,18). The molecule has 4 N–H and O–H groups in total. The van der Waals surface area contributed by atoms with Crippen molar-refractivity contribution in [3.63, 3.8) is 0 Å². The minimum atomic E-state index is -1.71. The first-order valence-corrected chi connectivity index (χ1v) is 4.87. The van der Waals surface area contributed by atoms with E-state index in [0.717, 1.165) is 16.8 Å². The molecule has 1 unspecified atom stereocenters. The fourth-order valence-electron chi connectivity index (χ4n) is 1.08. The molecule has 1 amide bonds. The largest absolute Gasteiger partial charge is 0.479 e. The molecule has 9 heteroatoms. The van der Waals surface area contributed by atoms with E-state index in [2.05, 4.69) is 5.32 Å². The van der Waals surface area contributed by atoms with Crippen LogP contribution in [0.15, 0.2) is 21.9 Å². The molecular weight excluding hydrogens is 246 g/mol. The lowest BCUT2D eigenvalue weighted by molar-refractivity contribution is -0.146. The van der Waals surface area contributed by atoms with Crippen molar-refractivity contribution in [1.29, 1.82) is 0 Å². The van der Waals surface area contributed by atoms with Crippen molar-refractivity contribution < 1.29 is 19.8 Å². The van der Waals surface area contributed by atoms with Crippen molar-refractivity contribution in [3.05, 3.63) is 33.1 Å². The smallest absolute Gasteiger partial charge is 0.334 e. The Morgan fingerprint density at radius 3 is 2.67 bits per heavy atom. The van der Waals surface area contributed by atoms with Crippen molar-refractivity contribution in [2.75, 3.05) is 6.54 Å². The zero-order valence-electron chi connectivity index (χ0n) is 9.12. The van der Waals surface area contributed by atoms with E-state index >= 15 is 0 Å². The molecule has 0 aliphatic rings. The van der Waals surface area contributed by atoms with Crippen LogP contribution in [0.3, 0.4) is 0 Å². The van der Waals surface area contributed by atoms with Crippen molar-refractivity contribution >= 4 is 11.9 Å². The van der Waals surface area contributed by atoms with Gasteiger partial charge in [-0.05, 0) is 0 Å². The number of nitrogens with zero attached hydrogens (tertiary/aromatic N) is 1. The number of aromatic nitrogens is 2. The Morgan fingerprint density at radius 2 is 2.11 bits per heavy atom. The van der Waals surface area contributed by atoms with E-state index in [4.69, 9.17) is 10.2 Å². The summed E-state index contributed by atoms with van der Waals surface area (Å²) in [7, 11) is 0. The Hall–Kier alpha value is -2.42. The molecule has 1 heterocycles. The first kappa shape index (κ1) is 13.6. The number of aliphatic hydroxyl groups is 1. The number of carboxylic acid groups (broad SMARTS) is 1. The summed E-state index contributed by atoms with van der Waals surface area (Å²) in [4.78, 5) is 45.5. The van der Waals surface area contributed by atoms with Gasteiger partial charge in [0.1, 0.15) is 6.54 Å². The molecule has 0 aliphatic carbocycles. The molecular formula is C9H11N3O6. The van der Waals surface area contributed by atoms with Gasteiger partial charge in [-0.2, -0.15) is 0 Å². The minimum Gasteiger partial charge on any atom is -0.479 e. The predicted molar refractivity (Wildman–Crippen MR) is 58.0 cm³/mol. The molecule has 1 atom stereocenters. The lowest BCUT2D eigenvalue weighted by Gasteiger charge is -2.08. The number of carbonyl (C=O) groups is 2. The van der Waals surface area contributed by atoms with Crippen LogP contribution in [0.1, 0.15) is 0 Å². The number of carboxylic acids is 1. The zero-order valence-corrected chi connectivity index (χ0v) is 9.12. The van der Waals surface area contributed by atoms with Crippen LogP contribution >= 0.6 is 0 Å². The van der Waals surface area contributed by atoms with E-state index in [-0.39, 0.29) is 6.54 Å². The van der Waals surface area contributed by atoms with Gasteiger partial charge in [0, 0.05) is 12.3 Å². The van der Waals surface area contributed by atoms with Gasteiger partial charge in [-0.1, -0.05) is 0 Å². The summed E-state index contributed by atoms with van der Waals surface area (Å²) >= 11 is 0. The number of hydrogen-bond acceptors (Lipinski definition) is 5. The van der Waals surface area contributed by atoms with E-state index in [0.29, 0.717) is 0 Å². The predicted octanol–water partition coefficient (Wildman–Crippen LogP) is -2.90. The second-order valence-corrected chi connectivity index (χ2v) is 3.40. The van der Waals surface area contributed by atoms with Gasteiger partial charge < -0.3 is 15.5 Å². The van der Waals surface area contributed by atoms with Crippen LogP contribution in [0, 0.1) is 0 Å². The quantitative estimate of drug-likeness (QED) is 0.445. The molecule has 1 aromatic heterocycles. The number of aromatic amines is 1. The Bertz CT molecular complexity index is 560. The summed E-state index contributed by atoms with van der Waals surface area (Å²) < 4.78 is 0.934. The van der Waals surface area contributed by atoms with E-state index in [1.165, 1.54) is 0 Å². The van der Waals surface area contributed by atoms with Crippen molar-refractivity contribution in [1.82, 2.24) is 14.9 Å². The summed E-state index contributed by atoms with van der Waals surface area (Å²) in [5, 5.41) is 19.4. The third-order valence-corrected chi connectivity index (χ3v) is 1.99. The molecule has 1 aromatic rings. The van der Waals surface area contributed by atoms with E-state index < -0.39 is 35.8 Å². The molecule has 0 saturated heterocycles. The van der Waals surface area contributed by atoms with Gasteiger partial charge in [-0.15, -0.1) is 0 Å². The molecule has 9 nitrogen and oxygen atoms in total.